The van der Waals surface area contributed by atoms with Gasteiger partial charge in [-0.15, -0.1) is 0 Å². The van der Waals surface area contributed by atoms with Crippen LogP contribution in [0.2, 0.25) is 5.02 Å². The van der Waals surface area contributed by atoms with Crippen LogP contribution in [-0.2, 0) is 0 Å². The minimum atomic E-state index is 0.205. The topological polar surface area (TPSA) is 32.3 Å². The fraction of sp³-hybridized carbons (Fsp3) is 0.538. The molecule has 90 valence electrons. The van der Waals surface area contributed by atoms with E-state index in [1.165, 1.54) is 5.56 Å². The van der Waals surface area contributed by atoms with Gasteiger partial charge in [-0.1, -0.05) is 30.7 Å². The first kappa shape index (κ1) is 13.5. The molecule has 16 heavy (non-hydrogen) atoms. The van der Waals surface area contributed by atoms with Crippen LogP contribution in [0.5, 0.6) is 0 Å². The summed E-state index contributed by atoms with van der Waals surface area (Å²) in [5.41, 5.74) is 1.17. The summed E-state index contributed by atoms with van der Waals surface area (Å²) in [4.78, 5) is 0. The highest BCUT2D eigenvalue weighted by Crippen LogP contribution is 2.18. The fourth-order valence-electron chi connectivity index (χ4n) is 1.59. The van der Waals surface area contributed by atoms with E-state index in [-0.39, 0.29) is 24.6 Å². The quantitative estimate of drug-likeness (QED) is 0.831. The first-order chi connectivity index (χ1) is 7.54. The Balaban J connectivity index is 2.61. The van der Waals surface area contributed by atoms with Crippen molar-refractivity contribution >= 4 is 11.6 Å². The van der Waals surface area contributed by atoms with E-state index in [2.05, 4.69) is 25.2 Å². The number of benzene rings is 1. The second-order valence-corrected chi connectivity index (χ2v) is 4.83. The van der Waals surface area contributed by atoms with E-state index in [0.717, 1.165) is 5.02 Å². The molecular formula is C13H20ClNO. The van der Waals surface area contributed by atoms with Gasteiger partial charge in [0.2, 0.25) is 0 Å². The molecule has 0 aliphatic rings. The van der Waals surface area contributed by atoms with E-state index in [9.17, 15) is 0 Å². The summed E-state index contributed by atoms with van der Waals surface area (Å²) < 4.78 is 0. The molecule has 0 heterocycles. The Morgan fingerprint density at radius 1 is 1.31 bits per heavy atom. The summed E-state index contributed by atoms with van der Waals surface area (Å²) in [7, 11) is 0. The summed E-state index contributed by atoms with van der Waals surface area (Å²) in [6.45, 7) is 6.42. The molecule has 3 unspecified atom stereocenters. The van der Waals surface area contributed by atoms with Crippen LogP contribution >= 0.6 is 11.6 Å². The van der Waals surface area contributed by atoms with Gasteiger partial charge >= 0.3 is 0 Å². The molecule has 0 saturated carbocycles. The van der Waals surface area contributed by atoms with Gasteiger partial charge in [-0.05, 0) is 37.5 Å². The van der Waals surface area contributed by atoms with Gasteiger partial charge in [0.05, 0.1) is 0 Å². The lowest BCUT2D eigenvalue weighted by atomic mass is 10.0. The van der Waals surface area contributed by atoms with Gasteiger partial charge in [0, 0.05) is 23.7 Å². The van der Waals surface area contributed by atoms with Crippen molar-refractivity contribution in [2.75, 3.05) is 6.61 Å². The van der Waals surface area contributed by atoms with E-state index in [0.29, 0.717) is 0 Å². The monoisotopic (exact) mass is 241 g/mol. The number of aliphatic hydroxyl groups is 1. The van der Waals surface area contributed by atoms with Crippen molar-refractivity contribution in [2.24, 2.45) is 5.92 Å². The number of aliphatic hydroxyl groups excluding tert-OH is 1. The molecule has 2 N–H and O–H groups in total. The zero-order valence-electron chi connectivity index (χ0n) is 10.1. The van der Waals surface area contributed by atoms with Crippen LogP contribution in [0.3, 0.4) is 0 Å². The van der Waals surface area contributed by atoms with E-state index in [1.807, 2.05) is 25.1 Å². The van der Waals surface area contributed by atoms with Gasteiger partial charge < -0.3 is 10.4 Å². The van der Waals surface area contributed by atoms with Crippen LogP contribution < -0.4 is 5.32 Å². The van der Waals surface area contributed by atoms with Crippen LogP contribution in [0.1, 0.15) is 32.4 Å². The van der Waals surface area contributed by atoms with Gasteiger partial charge in [0.15, 0.2) is 0 Å². The molecule has 3 atom stereocenters. The second kappa shape index (κ2) is 6.24. The molecule has 0 saturated heterocycles. The highest BCUT2D eigenvalue weighted by atomic mass is 35.5. The lowest BCUT2D eigenvalue weighted by Crippen LogP contribution is -2.35. The lowest BCUT2D eigenvalue weighted by Gasteiger charge is -2.24. The number of hydrogen-bond acceptors (Lipinski definition) is 2. The summed E-state index contributed by atoms with van der Waals surface area (Å²) in [5.74, 6) is 0.252. The van der Waals surface area contributed by atoms with Crippen LogP contribution in [-0.4, -0.2) is 17.8 Å². The Hall–Kier alpha value is -0.570. The summed E-state index contributed by atoms with van der Waals surface area (Å²) >= 11 is 5.95. The molecule has 0 fully saturated rings. The third-order valence-electron chi connectivity index (χ3n) is 3.00. The van der Waals surface area contributed by atoms with Crippen molar-refractivity contribution < 1.29 is 5.11 Å². The van der Waals surface area contributed by atoms with Gasteiger partial charge in [-0.2, -0.15) is 0 Å². The van der Waals surface area contributed by atoms with Crippen molar-refractivity contribution in [2.45, 2.75) is 32.9 Å². The lowest BCUT2D eigenvalue weighted by molar-refractivity contribution is 0.202. The predicted octanol–water partition coefficient (Wildman–Crippen LogP) is 3.01. The normalized spacial score (nSPS) is 16.8. The zero-order valence-corrected chi connectivity index (χ0v) is 10.8. The van der Waals surface area contributed by atoms with Crippen molar-refractivity contribution in [1.82, 2.24) is 5.32 Å². The standard InChI is InChI=1S/C13H20ClNO/c1-9(8-16)10(2)15-11(3)12-5-4-6-13(14)7-12/h4-7,9-11,15-16H,8H2,1-3H3. The Morgan fingerprint density at radius 2 is 2.00 bits per heavy atom. The largest absolute Gasteiger partial charge is 0.396 e. The Labute approximate surface area is 103 Å². The third-order valence-corrected chi connectivity index (χ3v) is 3.24. The number of halogens is 1. The summed E-state index contributed by atoms with van der Waals surface area (Å²) in [6.07, 6.45) is 0. The Bertz CT molecular complexity index is 329. The van der Waals surface area contributed by atoms with Crippen molar-refractivity contribution in [3.63, 3.8) is 0 Å². The summed E-state index contributed by atoms with van der Waals surface area (Å²) in [6, 6.07) is 8.37. The highest BCUT2D eigenvalue weighted by Gasteiger charge is 2.14. The van der Waals surface area contributed by atoms with Crippen LogP contribution in [0.15, 0.2) is 24.3 Å². The molecule has 1 rings (SSSR count). The first-order valence-electron chi connectivity index (χ1n) is 5.67. The van der Waals surface area contributed by atoms with E-state index >= 15 is 0 Å². The van der Waals surface area contributed by atoms with Crippen molar-refractivity contribution in [3.8, 4) is 0 Å². The molecule has 0 bridgehead atoms. The fourth-order valence-corrected chi connectivity index (χ4v) is 1.79. The SMILES string of the molecule is CC(NC(C)C(C)CO)c1cccc(Cl)c1. The number of nitrogens with one attached hydrogen (secondary N) is 1. The molecule has 3 heteroatoms. The second-order valence-electron chi connectivity index (χ2n) is 4.39. The molecular weight excluding hydrogens is 222 g/mol. The smallest absolute Gasteiger partial charge is 0.0471 e. The molecule has 0 radical (unpaired) electrons. The van der Waals surface area contributed by atoms with Crippen molar-refractivity contribution in [3.05, 3.63) is 34.9 Å². The van der Waals surface area contributed by atoms with Gasteiger partial charge in [-0.25, -0.2) is 0 Å². The van der Waals surface area contributed by atoms with Gasteiger partial charge in [0.25, 0.3) is 0 Å². The average Bonchev–Trinajstić information content (AvgIpc) is 2.27. The van der Waals surface area contributed by atoms with E-state index in [1.54, 1.807) is 0 Å². The maximum absolute atomic E-state index is 9.07. The Kier molecular flexibility index (Phi) is 5.26. The number of rotatable bonds is 5. The van der Waals surface area contributed by atoms with E-state index < -0.39 is 0 Å². The van der Waals surface area contributed by atoms with Crippen molar-refractivity contribution in [1.29, 1.82) is 0 Å². The molecule has 0 aliphatic carbocycles. The first-order valence-corrected chi connectivity index (χ1v) is 6.04. The molecule has 1 aromatic carbocycles. The molecule has 2 nitrogen and oxygen atoms in total. The van der Waals surface area contributed by atoms with Crippen LogP contribution in [0.4, 0.5) is 0 Å². The maximum Gasteiger partial charge on any atom is 0.0471 e. The molecule has 0 aromatic heterocycles. The predicted molar refractivity (Wildman–Crippen MR) is 68.7 cm³/mol. The highest BCUT2D eigenvalue weighted by molar-refractivity contribution is 6.30. The minimum absolute atomic E-state index is 0.205. The van der Waals surface area contributed by atoms with Crippen LogP contribution in [0.25, 0.3) is 0 Å². The number of hydrogen-bond donors (Lipinski definition) is 2. The Morgan fingerprint density at radius 3 is 2.56 bits per heavy atom. The van der Waals surface area contributed by atoms with Crippen LogP contribution in [0, 0.1) is 5.92 Å². The summed E-state index contributed by atoms with van der Waals surface area (Å²) in [5, 5.41) is 13.3. The van der Waals surface area contributed by atoms with E-state index in [4.69, 9.17) is 16.7 Å². The van der Waals surface area contributed by atoms with Gasteiger partial charge in [0.1, 0.15) is 0 Å². The third kappa shape index (κ3) is 3.78. The maximum atomic E-state index is 9.07. The molecule has 1 aromatic rings. The minimum Gasteiger partial charge on any atom is -0.396 e. The molecule has 0 spiro atoms. The molecule has 0 amide bonds. The van der Waals surface area contributed by atoms with Gasteiger partial charge in [-0.3, -0.25) is 0 Å². The zero-order chi connectivity index (χ0) is 12.1. The average molecular weight is 242 g/mol. The molecule has 0 aliphatic heterocycles.